The molecule has 0 radical (unpaired) electrons. The van der Waals surface area contributed by atoms with Crippen LogP contribution in [0.15, 0.2) is 54.6 Å². The Kier molecular flexibility index (Phi) is 7.03. The molecule has 0 aromatic heterocycles. The lowest BCUT2D eigenvalue weighted by molar-refractivity contribution is -0.140. The summed E-state index contributed by atoms with van der Waals surface area (Å²) in [5.41, 5.74) is 1.78. The number of hydrogen-bond donors (Lipinski definition) is 0. The summed E-state index contributed by atoms with van der Waals surface area (Å²) in [6.45, 7) is 3.48. The van der Waals surface area contributed by atoms with Crippen molar-refractivity contribution in [3.63, 3.8) is 0 Å². The van der Waals surface area contributed by atoms with Gasteiger partial charge in [-0.15, -0.1) is 0 Å². The standard InChI is InChI=1S/C26H31FN2O2/c1-31-25-11-5-3-8-21(25)9-6-16-28-17-15-24-22(19-28)12-13-26(30)29(24)18-14-20-7-2-4-10-23(20)27/h2-11,22,24H,12-19H2,1H3/t22-,24+/m1/s1. The van der Waals surface area contributed by atoms with E-state index >= 15 is 0 Å². The number of halogens is 1. The van der Waals surface area contributed by atoms with E-state index in [1.54, 1.807) is 13.2 Å². The zero-order valence-corrected chi connectivity index (χ0v) is 18.2. The second-order valence-corrected chi connectivity index (χ2v) is 8.49. The van der Waals surface area contributed by atoms with Gasteiger partial charge < -0.3 is 9.64 Å². The first-order valence-corrected chi connectivity index (χ1v) is 11.2. The van der Waals surface area contributed by atoms with E-state index in [0.717, 1.165) is 43.8 Å². The maximum Gasteiger partial charge on any atom is 0.222 e. The summed E-state index contributed by atoms with van der Waals surface area (Å²) >= 11 is 0. The van der Waals surface area contributed by atoms with Crippen LogP contribution in [0.5, 0.6) is 5.75 Å². The van der Waals surface area contributed by atoms with Crippen LogP contribution in [0.1, 0.15) is 30.4 Å². The predicted octanol–water partition coefficient (Wildman–Crippen LogP) is 4.40. The van der Waals surface area contributed by atoms with E-state index in [-0.39, 0.29) is 17.8 Å². The average molecular weight is 423 g/mol. The van der Waals surface area contributed by atoms with Crippen molar-refractivity contribution in [1.82, 2.24) is 9.80 Å². The zero-order chi connectivity index (χ0) is 21.6. The third-order valence-electron chi connectivity index (χ3n) is 6.61. The molecule has 2 aromatic carbocycles. The largest absolute Gasteiger partial charge is 0.496 e. The summed E-state index contributed by atoms with van der Waals surface area (Å²) in [6.07, 6.45) is 7.43. The number of nitrogens with zero attached hydrogens (tertiary/aromatic N) is 2. The van der Waals surface area contributed by atoms with E-state index in [2.05, 4.69) is 23.1 Å². The number of rotatable bonds is 7. The Labute approximate surface area is 184 Å². The lowest BCUT2D eigenvalue weighted by Crippen LogP contribution is -2.56. The quantitative estimate of drug-likeness (QED) is 0.663. The summed E-state index contributed by atoms with van der Waals surface area (Å²) in [6, 6.07) is 15.2. The van der Waals surface area contributed by atoms with E-state index in [0.29, 0.717) is 30.9 Å². The number of fused-ring (bicyclic) bond motifs is 1. The molecule has 2 atom stereocenters. The molecule has 2 aromatic rings. The zero-order valence-electron chi connectivity index (χ0n) is 18.2. The molecule has 0 aliphatic carbocycles. The first-order valence-electron chi connectivity index (χ1n) is 11.2. The Morgan fingerprint density at radius 1 is 1.13 bits per heavy atom. The molecule has 1 amide bonds. The van der Waals surface area contributed by atoms with Gasteiger partial charge in [-0.25, -0.2) is 4.39 Å². The van der Waals surface area contributed by atoms with Gasteiger partial charge in [0.05, 0.1) is 7.11 Å². The molecule has 0 unspecified atom stereocenters. The maximum absolute atomic E-state index is 14.0. The van der Waals surface area contributed by atoms with Crippen LogP contribution in [0.25, 0.3) is 6.08 Å². The smallest absolute Gasteiger partial charge is 0.222 e. The Hall–Kier alpha value is -2.66. The number of likely N-dealkylation sites (tertiary alicyclic amines) is 2. The molecule has 164 valence electrons. The van der Waals surface area contributed by atoms with Gasteiger partial charge in [0.15, 0.2) is 0 Å². The predicted molar refractivity (Wildman–Crippen MR) is 121 cm³/mol. The molecule has 0 N–H and O–H groups in total. The number of carbonyl (C=O) groups excluding carboxylic acids is 1. The maximum atomic E-state index is 14.0. The van der Waals surface area contributed by atoms with Crippen molar-refractivity contribution in [3.05, 3.63) is 71.6 Å². The van der Waals surface area contributed by atoms with Gasteiger partial charge in [-0.05, 0) is 42.9 Å². The minimum Gasteiger partial charge on any atom is -0.496 e. The van der Waals surface area contributed by atoms with Crippen LogP contribution in [0.4, 0.5) is 4.39 Å². The lowest BCUT2D eigenvalue weighted by atomic mass is 9.83. The Balaban J connectivity index is 1.33. The van der Waals surface area contributed by atoms with E-state index in [9.17, 15) is 9.18 Å². The monoisotopic (exact) mass is 422 g/mol. The van der Waals surface area contributed by atoms with Gasteiger partial charge in [0.1, 0.15) is 11.6 Å². The van der Waals surface area contributed by atoms with Crippen LogP contribution in [0.3, 0.4) is 0 Å². The fraction of sp³-hybridized carbons (Fsp3) is 0.423. The van der Waals surface area contributed by atoms with E-state index < -0.39 is 0 Å². The fourth-order valence-electron chi connectivity index (χ4n) is 4.96. The molecule has 0 spiro atoms. The molecule has 0 saturated carbocycles. The Morgan fingerprint density at radius 3 is 2.77 bits per heavy atom. The lowest BCUT2D eigenvalue weighted by Gasteiger charge is -2.47. The Morgan fingerprint density at radius 2 is 1.94 bits per heavy atom. The third-order valence-corrected chi connectivity index (χ3v) is 6.61. The Bertz CT molecular complexity index is 929. The molecule has 2 heterocycles. The van der Waals surface area contributed by atoms with Gasteiger partial charge in [-0.1, -0.05) is 48.6 Å². The highest BCUT2D eigenvalue weighted by atomic mass is 19.1. The van der Waals surface area contributed by atoms with Crippen LogP contribution < -0.4 is 4.74 Å². The number of benzene rings is 2. The molecule has 4 nitrogen and oxygen atoms in total. The van der Waals surface area contributed by atoms with Crippen molar-refractivity contribution in [1.29, 1.82) is 0 Å². The highest BCUT2D eigenvalue weighted by molar-refractivity contribution is 5.77. The number of piperidine rings is 2. The molecule has 2 aliphatic rings. The van der Waals surface area contributed by atoms with Crippen molar-refractivity contribution in [2.24, 2.45) is 5.92 Å². The van der Waals surface area contributed by atoms with Crippen molar-refractivity contribution >= 4 is 12.0 Å². The van der Waals surface area contributed by atoms with Gasteiger partial charge in [0, 0.05) is 44.2 Å². The normalized spacial score (nSPS) is 22.0. The second kappa shape index (κ2) is 10.1. The van der Waals surface area contributed by atoms with Crippen molar-refractivity contribution < 1.29 is 13.9 Å². The number of ether oxygens (including phenoxy) is 1. The summed E-state index contributed by atoms with van der Waals surface area (Å²) in [5.74, 6) is 1.42. The highest BCUT2D eigenvalue weighted by Crippen LogP contribution is 2.31. The van der Waals surface area contributed by atoms with E-state index in [1.165, 1.54) is 6.07 Å². The van der Waals surface area contributed by atoms with Crippen LogP contribution >= 0.6 is 0 Å². The number of amides is 1. The molecule has 2 aliphatic heterocycles. The molecule has 2 saturated heterocycles. The number of para-hydroxylation sites is 1. The van der Waals surface area contributed by atoms with Crippen molar-refractivity contribution in [2.45, 2.75) is 31.7 Å². The minimum absolute atomic E-state index is 0.180. The summed E-state index contributed by atoms with van der Waals surface area (Å²) in [5, 5.41) is 0. The number of hydrogen-bond acceptors (Lipinski definition) is 3. The number of carbonyl (C=O) groups is 1. The van der Waals surface area contributed by atoms with Gasteiger partial charge in [-0.3, -0.25) is 9.69 Å². The first-order chi connectivity index (χ1) is 15.2. The van der Waals surface area contributed by atoms with Gasteiger partial charge in [-0.2, -0.15) is 0 Å². The highest BCUT2D eigenvalue weighted by Gasteiger charge is 2.38. The molecule has 2 fully saturated rings. The molecule has 5 heteroatoms. The first kappa shape index (κ1) is 21.6. The average Bonchev–Trinajstić information content (AvgIpc) is 2.80. The van der Waals surface area contributed by atoms with Crippen LogP contribution in [-0.2, 0) is 11.2 Å². The van der Waals surface area contributed by atoms with Gasteiger partial charge in [0.2, 0.25) is 5.91 Å². The van der Waals surface area contributed by atoms with Crippen molar-refractivity contribution in [3.8, 4) is 5.75 Å². The van der Waals surface area contributed by atoms with E-state index in [4.69, 9.17) is 4.74 Å². The minimum atomic E-state index is -0.180. The molecule has 0 bridgehead atoms. The molecular weight excluding hydrogens is 391 g/mol. The summed E-state index contributed by atoms with van der Waals surface area (Å²) < 4.78 is 19.4. The van der Waals surface area contributed by atoms with Gasteiger partial charge in [0.25, 0.3) is 0 Å². The van der Waals surface area contributed by atoms with Crippen molar-refractivity contribution in [2.75, 3.05) is 33.3 Å². The molecule has 31 heavy (non-hydrogen) atoms. The van der Waals surface area contributed by atoms with Crippen LogP contribution in [0, 0.1) is 11.7 Å². The number of methoxy groups -OCH3 is 1. The SMILES string of the molecule is COc1ccccc1C=CCN1CC[C@H]2[C@H](CCC(=O)N2CCc2ccccc2F)C1. The fourth-order valence-corrected chi connectivity index (χ4v) is 4.96. The molecule has 4 rings (SSSR count). The topological polar surface area (TPSA) is 32.8 Å². The van der Waals surface area contributed by atoms with Gasteiger partial charge >= 0.3 is 0 Å². The third kappa shape index (κ3) is 5.16. The second-order valence-electron chi connectivity index (χ2n) is 8.49. The summed E-state index contributed by atoms with van der Waals surface area (Å²) in [7, 11) is 1.69. The van der Waals surface area contributed by atoms with Crippen LogP contribution in [-0.4, -0.2) is 55.0 Å². The molecular formula is C26H31FN2O2. The van der Waals surface area contributed by atoms with E-state index in [1.807, 2.05) is 35.2 Å². The summed E-state index contributed by atoms with van der Waals surface area (Å²) in [4.78, 5) is 17.1. The van der Waals surface area contributed by atoms with Crippen LogP contribution in [0.2, 0.25) is 0 Å².